The number of hydrogen-bond acceptors (Lipinski definition) is 5. The largest absolute Gasteiger partial charge is 0.486 e. The van der Waals surface area contributed by atoms with Gasteiger partial charge in [0, 0.05) is 17.7 Å². The molecule has 0 heterocycles. The van der Waals surface area contributed by atoms with Crippen LogP contribution in [-0.4, -0.2) is 10.8 Å². The maximum absolute atomic E-state index is 11.5. The Hall–Kier alpha value is -2.16. The summed E-state index contributed by atoms with van der Waals surface area (Å²) in [6.07, 6.45) is 0. The number of hydrogen-bond donors (Lipinski definition) is 2. The second-order valence-electron chi connectivity index (χ2n) is 4.45. The Balaban J connectivity index is 2.14. The Labute approximate surface area is 144 Å². The topological polar surface area (TPSA) is 107 Å². The number of hydrazine groups is 1. The molecule has 0 bridgehead atoms. The molecule has 120 valence electrons. The first kappa shape index (κ1) is 17.2. The molecular formula is C14H11BrClN3O4. The van der Waals surface area contributed by atoms with Crippen LogP contribution in [0.3, 0.4) is 0 Å². The van der Waals surface area contributed by atoms with Crippen molar-refractivity contribution in [3.8, 4) is 5.75 Å². The van der Waals surface area contributed by atoms with Crippen molar-refractivity contribution in [3.05, 3.63) is 67.1 Å². The van der Waals surface area contributed by atoms with Crippen molar-refractivity contribution in [1.29, 1.82) is 0 Å². The van der Waals surface area contributed by atoms with Crippen molar-refractivity contribution in [3.63, 3.8) is 0 Å². The number of nitro benzene ring substituents is 1. The number of non-ortho nitro benzene ring substituents is 1. The van der Waals surface area contributed by atoms with Crippen LogP contribution >= 0.6 is 27.5 Å². The third-order valence-corrected chi connectivity index (χ3v) is 3.79. The van der Waals surface area contributed by atoms with Crippen LogP contribution in [0, 0.1) is 10.1 Å². The van der Waals surface area contributed by atoms with Gasteiger partial charge in [0.15, 0.2) is 5.75 Å². The van der Waals surface area contributed by atoms with Crippen LogP contribution in [0.4, 0.5) is 5.69 Å². The summed E-state index contributed by atoms with van der Waals surface area (Å²) in [5.41, 5.74) is 3.04. The van der Waals surface area contributed by atoms with Crippen LogP contribution in [-0.2, 0) is 6.61 Å². The van der Waals surface area contributed by atoms with E-state index in [1.807, 2.05) is 5.43 Å². The summed E-state index contributed by atoms with van der Waals surface area (Å²) >= 11 is 9.38. The lowest BCUT2D eigenvalue weighted by Gasteiger charge is -2.11. The lowest BCUT2D eigenvalue weighted by atomic mass is 10.2. The fourth-order valence-corrected chi connectivity index (χ4v) is 2.74. The molecule has 23 heavy (non-hydrogen) atoms. The highest BCUT2D eigenvalue weighted by atomic mass is 79.9. The first-order valence-electron chi connectivity index (χ1n) is 6.28. The average molecular weight is 401 g/mol. The summed E-state index contributed by atoms with van der Waals surface area (Å²) in [4.78, 5) is 21.6. The number of nitro groups is 1. The normalized spacial score (nSPS) is 10.2. The molecular weight excluding hydrogens is 390 g/mol. The van der Waals surface area contributed by atoms with E-state index in [0.29, 0.717) is 10.2 Å². The summed E-state index contributed by atoms with van der Waals surface area (Å²) in [5.74, 6) is 4.96. The molecule has 0 aromatic heterocycles. The molecule has 2 aromatic rings. The van der Waals surface area contributed by atoms with Crippen molar-refractivity contribution >= 4 is 39.1 Å². The van der Waals surface area contributed by atoms with Gasteiger partial charge >= 0.3 is 0 Å². The molecule has 0 unspecified atom stereocenters. The molecule has 0 radical (unpaired) electrons. The lowest BCUT2D eigenvalue weighted by molar-refractivity contribution is -0.384. The molecule has 0 aliphatic rings. The van der Waals surface area contributed by atoms with Crippen LogP contribution in [0.5, 0.6) is 5.75 Å². The van der Waals surface area contributed by atoms with Crippen LogP contribution in [0.2, 0.25) is 5.02 Å². The zero-order valence-corrected chi connectivity index (χ0v) is 13.9. The molecule has 7 nitrogen and oxygen atoms in total. The summed E-state index contributed by atoms with van der Waals surface area (Å²) in [6.45, 7) is 0.165. The second kappa shape index (κ2) is 7.40. The average Bonchev–Trinajstić information content (AvgIpc) is 2.53. The maximum atomic E-state index is 11.5. The number of nitrogens with zero attached hydrogens (tertiary/aromatic N) is 1. The van der Waals surface area contributed by atoms with E-state index in [1.54, 1.807) is 12.1 Å². The van der Waals surface area contributed by atoms with Crippen molar-refractivity contribution in [2.75, 3.05) is 0 Å². The van der Waals surface area contributed by atoms with E-state index in [4.69, 9.17) is 22.2 Å². The Bertz CT molecular complexity index is 729. The van der Waals surface area contributed by atoms with Crippen LogP contribution in [0.15, 0.2) is 40.9 Å². The van der Waals surface area contributed by atoms with Gasteiger partial charge in [0.1, 0.15) is 6.61 Å². The van der Waals surface area contributed by atoms with E-state index in [0.717, 1.165) is 5.56 Å². The number of benzene rings is 2. The van der Waals surface area contributed by atoms with Gasteiger partial charge in [-0.3, -0.25) is 20.3 Å². The van der Waals surface area contributed by atoms with Gasteiger partial charge in [0.05, 0.1) is 14.4 Å². The number of nitrogen functional groups attached to an aromatic ring is 1. The SMILES string of the molecule is NNC(=O)c1cc(Cl)c(OCc2ccc([N+](=O)[O-])cc2)c(Br)c1. The molecule has 1 amide bonds. The van der Waals surface area contributed by atoms with Gasteiger partial charge < -0.3 is 4.74 Å². The van der Waals surface area contributed by atoms with Gasteiger partial charge in [-0.25, -0.2) is 5.84 Å². The van der Waals surface area contributed by atoms with Crippen molar-refractivity contribution in [2.45, 2.75) is 6.61 Å². The summed E-state index contributed by atoms with van der Waals surface area (Å²) in [6, 6.07) is 8.93. The molecule has 0 aliphatic heterocycles. The van der Waals surface area contributed by atoms with Gasteiger partial charge in [-0.2, -0.15) is 0 Å². The van der Waals surface area contributed by atoms with Gasteiger partial charge in [-0.1, -0.05) is 11.6 Å². The standard InChI is InChI=1S/C14H11BrClN3O4/c15-11-5-9(14(20)18-17)6-12(16)13(11)23-7-8-1-3-10(4-2-8)19(21)22/h1-6H,7,17H2,(H,18,20). The lowest BCUT2D eigenvalue weighted by Crippen LogP contribution is -2.29. The van der Waals surface area contributed by atoms with Gasteiger partial charge in [0.2, 0.25) is 0 Å². The predicted octanol–water partition coefficient (Wildman–Crippen LogP) is 3.19. The highest BCUT2D eigenvalue weighted by Gasteiger charge is 2.13. The number of nitrogens with one attached hydrogen (secondary N) is 1. The van der Waals surface area contributed by atoms with Crippen molar-refractivity contribution < 1.29 is 14.5 Å². The highest BCUT2D eigenvalue weighted by Crippen LogP contribution is 2.35. The van der Waals surface area contributed by atoms with Gasteiger partial charge in [-0.05, 0) is 45.8 Å². The number of rotatable bonds is 5. The number of amides is 1. The minimum absolute atomic E-state index is 0.00473. The van der Waals surface area contributed by atoms with Gasteiger partial charge in [-0.15, -0.1) is 0 Å². The van der Waals surface area contributed by atoms with E-state index in [9.17, 15) is 14.9 Å². The predicted molar refractivity (Wildman–Crippen MR) is 88.2 cm³/mol. The van der Waals surface area contributed by atoms with Crippen molar-refractivity contribution in [1.82, 2.24) is 5.43 Å². The highest BCUT2D eigenvalue weighted by molar-refractivity contribution is 9.10. The molecule has 3 N–H and O–H groups in total. The second-order valence-corrected chi connectivity index (χ2v) is 5.72. The maximum Gasteiger partial charge on any atom is 0.269 e. The Morgan fingerprint density at radius 2 is 2.00 bits per heavy atom. The molecule has 0 spiro atoms. The first-order valence-corrected chi connectivity index (χ1v) is 7.45. The smallest absolute Gasteiger partial charge is 0.269 e. The molecule has 2 aromatic carbocycles. The van der Waals surface area contributed by atoms with Crippen LogP contribution in [0.25, 0.3) is 0 Å². The number of carbonyl (C=O) groups excluding carboxylic acids is 1. The van der Waals surface area contributed by atoms with E-state index < -0.39 is 10.8 Å². The molecule has 0 saturated heterocycles. The van der Waals surface area contributed by atoms with E-state index in [2.05, 4.69) is 15.9 Å². The minimum Gasteiger partial charge on any atom is -0.486 e. The molecule has 0 fully saturated rings. The summed E-state index contributed by atoms with van der Waals surface area (Å²) < 4.78 is 6.10. The number of carbonyl (C=O) groups is 1. The fraction of sp³-hybridized carbons (Fsp3) is 0.0714. The van der Waals surface area contributed by atoms with Crippen LogP contribution < -0.4 is 16.0 Å². The Kier molecular flexibility index (Phi) is 5.54. The third-order valence-electron chi connectivity index (χ3n) is 2.92. The Morgan fingerprint density at radius 3 is 2.52 bits per heavy atom. The minimum atomic E-state index is -0.477. The zero-order chi connectivity index (χ0) is 17.0. The van der Waals surface area contributed by atoms with E-state index in [-0.39, 0.29) is 22.9 Å². The summed E-state index contributed by atoms with van der Waals surface area (Å²) in [7, 11) is 0. The van der Waals surface area contributed by atoms with E-state index >= 15 is 0 Å². The molecule has 2 rings (SSSR count). The molecule has 0 aliphatic carbocycles. The van der Waals surface area contributed by atoms with Gasteiger partial charge in [0.25, 0.3) is 11.6 Å². The molecule has 0 saturated carbocycles. The number of halogens is 2. The number of ether oxygens (including phenoxy) is 1. The van der Waals surface area contributed by atoms with E-state index in [1.165, 1.54) is 24.3 Å². The van der Waals surface area contributed by atoms with Crippen molar-refractivity contribution in [2.24, 2.45) is 5.84 Å². The number of nitrogens with two attached hydrogens (primary N) is 1. The summed E-state index contributed by atoms with van der Waals surface area (Å²) in [5, 5.41) is 10.8. The third kappa shape index (κ3) is 4.19. The zero-order valence-electron chi connectivity index (χ0n) is 11.6. The Morgan fingerprint density at radius 1 is 1.35 bits per heavy atom. The van der Waals surface area contributed by atoms with Crippen LogP contribution in [0.1, 0.15) is 15.9 Å². The monoisotopic (exact) mass is 399 g/mol. The molecule has 9 heteroatoms. The fourth-order valence-electron chi connectivity index (χ4n) is 1.78. The first-order chi connectivity index (χ1) is 10.9. The molecule has 0 atom stereocenters. The quantitative estimate of drug-likeness (QED) is 0.347.